The number of ether oxygens (including phenoxy) is 1. The van der Waals surface area contributed by atoms with E-state index in [2.05, 4.69) is 20.2 Å². The fourth-order valence-electron chi connectivity index (χ4n) is 3.31. The predicted octanol–water partition coefficient (Wildman–Crippen LogP) is 1.41. The summed E-state index contributed by atoms with van der Waals surface area (Å²) < 4.78 is 5.51. The molecule has 0 spiro atoms. The van der Waals surface area contributed by atoms with Crippen molar-refractivity contribution in [1.82, 2.24) is 20.1 Å². The summed E-state index contributed by atoms with van der Waals surface area (Å²) in [6.07, 6.45) is 1.61. The zero-order chi connectivity index (χ0) is 17.6. The number of hydrogen-bond acceptors (Lipinski definition) is 4. The molecular weight excluding hydrogens is 445 g/mol. The van der Waals surface area contributed by atoms with Gasteiger partial charge in [0, 0.05) is 45.5 Å². The molecule has 1 aromatic rings. The second-order valence-electron chi connectivity index (χ2n) is 6.49. The van der Waals surface area contributed by atoms with Crippen LogP contribution in [0.2, 0.25) is 0 Å². The number of aromatic nitrogens is 1. The summed E-state index contributed by atoms with van der Waals surface area (Å²) in [7, 11) is 1.79. The predicted molar refractivity (Wildman–Crippen MR) is 112 cm³/mol. The molecule has 0 bridgehead atoms. The summed E-state index contributed by atoms with van der Waals surface area (Å²) in [6.45, 7) is 6.31. The van der Waals surface area contributed by atoms with Gasteiger partial charge in [0.2, 0.25) is 0 Å². The largest absolute Gasteiger partial charge is 0.368 e. The Morgan fingerprint density at radius 2 is 2.04 bits per heavy atom. The Labute approximate surface area is 172 Å². The molecule has 0 aliphatic carbocycles. The first-order chi connectivity index (χ1) is 12.2. The van der Waals surface area contributed by atoms with Gasteiger partial charge in [0.15, 0.2) is 5.96 Å². The van der Waals surface area contributed by atoms with E-state index in [1.54, 1.807) is 7.05 Å². The van der Waals surface area contributed by atoms with Crippen molar-refractivity contribution in [3.8, 4) is 0 Å². The number of aliphatic imine (C=N–C) groups is 1. The number of nitrogens with zero attached hydrogens (tertiary/aromatic N) is 4. The number of pyridine rings is 1. The summed E-state index contributed by atoms with van der Waals surface area (Å²) in [5, 5.41) is 3.37. The third kappa shape index (κ3) is 5.29. The van der Waals surface area contributed by atoms with Gasteiger partial charge in [0.05, 0.1) is 12.2 Å². The third-order valence-electron chi connectivity index (χ3n) is 4.68. The number of aryl methyl sites for hydroxylation is 1. The number of halogens is 1. The lowest BCUT2D eigenvalue weighted by Gasteiger charge is -2.37. The van der Waals surface area contributed by atoms with Crippen molar-refractivity contribution in [3.05, 3.63) is 29.6 Å². The monoisotopic (exact) mass is 473 g/mol. The Bertz CT molecular complexity index is 626. The van der Waals surface area contributed by atoms with Crippen molar-refractivity contribution in [3.63, 3.8) is 0 Å². The lowest BCUT2D eigenvalue weighted by molar-refractivity contribution is -0.142. The maximum Gasteiger partial charge on any atom is 0.251 e. The van der Waals surface area contributed by atoms with Gasteiger partial charge >= 0.3 is 0 Å². The van der Waals surface area contributed by atoms with Crippen LogP contribution in [0.1, 0.15) is 24.2 Å². The van der Waals surface area contributed by atoms with Crippen LogP contribution in [0.25, 0.3) is 0 Å². The Kier molecular flexibility index (Phi) is 8.08. The van der Waals surface area contributed by atoms with Crippen molar-refractivity contribution in [1.29, 1.82) is 0 Å². The number of hydrogen-bond donors (Lipinski definition) is 1. The molecule has 144 valence electrons. The molecular formula is C18H28IN5O2. The summed E-state index contributed by atoms with van der Waals surface area (Å²) in [6, 6.07) is 6.01. The minimum absolute atomic E-state index is 0. The van der Waals surface area contributed by atoms with Crippen LogP contribution in [0.3, 0.4) is 0 Å². The highest BCUT2D eigenvalue weighted by atomic mass is 127. The standard InChI is InChI=1S/C18H27N5O2.HI/c1-14-5-3-6-15(21-14)13-20-18(19-2)23-10-8-22(9-11-23)17(24)16-7-4-12-25-16;/h3,5-6,16H,4,7-13H2,1-2H3,(H,19,20);1H. The zero-order valence-electron chi connectivity index (χ0n) is 15.5. The minimum Gasteiger partial charge on any atom is -0.368 e. The lowest BCUT2D eigenvalue weighted by atomic mass is 10.2. The van der Waals surface area contributed by atoms with Gasteiger partial charge in [-0.25, -0.2) is 0 Å². The average molecular weight is 473 g/mol. The highest BCUT2D eigenvalue weighted by molar-refractivity contribution is 14.0. The molecule has 8 heteroatoms. The molecule has 1 amide bonds. The molecule has 2 fully saturated rings. The van der Waals surface area contributed by atoms with Crippen LogP contribution in [0.5, 0.6) is 0 Å². The smallest absolute Gasteiger partial charge is 0.251 e. The van der Waals surface area contributed by atoms with Crippen molar-refractivity contribution < 1.29 is 9.53 Å². The second kappa shape index (κ2) is 10.1. The third-order valence-corrected chi connectivity index (χ3v) is 4.68. The first-order valence-electron chi connectivity index (χ1n) is 8.96. The molecule has 26 heavy (non-hydrogen) atoms. The molecule has 3 heterocycles. The summed E-state index contributed by atoms with van der Waals surface area (Å²) in [5.41, 5.74) is 2.00. The molecule has 0 radical (unpaired) electrons. The van der Waals surface area contributed by atoms with E-state index in [0.717, 1.165) is 43.3 Å². The molecule has 0 aromatic carbocycles. The van der Waals surface area contributed by atoms with Crippen LogP contribution < -0.4 is 5.32 Å². The van der Waals surface area contributed by atoms with Crippen LogP contribution >= 0.6 is 24.0 Å². The van der Waals surface area contributed by atoms with E-state index in [9.17, 15) is 4.79 Å². The Morgan fingerprint density at radius 1 is 1.31 bits per heavy atom. The fourth-order valence-corrected chi connectivity index (χ4v) is 3.31. The maximum atomic E-state index is 12.4. The van der Waals surface area contributed by atoms with Gasteiger partial charge in [-0.05, 0) is 31.9 Å². The number of carbonyl (C=O) groups excluding carboxylic acids is 1. The van der Waals surface area contributed by atoms with Crippen molar-refractivity contribution in [2.24, 2.45) is 4.99 Å². The number of rotatable bonds is 3. The van der Waals surface area contributed by atoms with Gasteiger partial charge in [-0.1, -0.05) is 6.07 Å². The molecule has 3 rings (SSSR count). The molecule has 1 unspecified atom stereocenters. The van der Waals surface area contributed by atoms with Gasteiger partial charge in [-0.3, -0.25) is 14.8 Å². The number of piperazine rings is 1. The van der Waals surface area contributed by atoms with Gasteiger partial charge in [-0.15, -0.1) is 24.0 Å². The van der Waals surface area contributed by atoms with E-state index in [1.165, 1.54) is 0 Å². The summed E-state index contributed by atoms with van der Waals surface area (Å²) in [4.78, 5) is 25.4. The molecule has 1 N–H and O–H groups in total. The number of nitrogens with one attached hydrogen (secondary N) is 1. The molecule has 0 saturated carbocycles. The molecule has 2 aliphatic heterocycles. The number of carbonyl (C=O) groups is 1. The van der Waals surface area contributed by atoms with Crippen molar-refractivity contribution in [2.45, 2.75) is 32.4 Å². The van der Waals surface area contributed by atoms with E-state index in [-0.39, 0.29) is 36.0 Å². The summed E-state index contributed by atoms with van der Waals surface area (Å²) >= 11 is 0. The quantitative estimate of drug-likeness (QED) is 0.409. The highest BCUT2D eigenvalue weighted by Gasteiger charge is 2.30. The SMILES string of the molecule is CN=C(NCc1cccc(C)n1)N1CCN(C(=O)C2CCCO2)CC1.I. The lowest BCUT2D eigenvalue weighted by Crippen LogP contribution is -2.55. The van der Waals surface area contributed by atoms with E-state index in [4.69, 9.17) is 4.74 Å². The Morgan fingerprint density at radius 3 is 2.65 bits per heavy atom. The maximum absolute atomic E-state index is 12.4. The number of guanidine groups is 1. The van der Waals surface area contributed by atoms with Gasteiger partial charge in [0.25, 0.3) is 5.91 Å². The Balaban J connectivity index is 0.00000243. The van der Waals surface area contributed by atoms with E-state index < -0.39 is 0 Å². The molecule has 1 atom stereocenters. The van der Waals surface area contributed by atoms with Crippen LogP contribution in [0.4, 0.5) is 0 Å². The van der Waals surface area contributed by atoms with E-state index in [0.29, 0.717) is 26.2 Å². The molecule has 2 aliphatic rings. The van der Waals surface area contributed by atoms with Crippen LogP contribution in [-0.4, -0.2) is 72.6 Å². The zero-order valence-corrected chi connectivity index (χ0v) is 17.8. The van der Waals surface area contributed by atoms with Gasteiger partial charge < -0.3 is 19.9 Å². The van der Waals surface area contributed by atoms with Crippen LogP contribution in [0.15, 0.2) is 23.2 Å². The fraction of sp³-hybridized carbons (Fsp3) is 0.611. The first kappa shape index (κ1) is 20.9. The van der Waals surface area contributed by atoms with Crippen molar-refractivity contribution in [2.75, 3.05) is 39.8 Å². The molecule has 2 saturated heterocycles. The second-order valence-corrected chi connectivity index (χ2v) is 6.49. The summed E-state index contributed by atoms with van der Waals surface area (Å²) in [5.74, 6) is 0.997. The number of amides is 1. The highest BCUT2D eigenvalue weighted by Crippen LogP contribution is 2.16. The average Bonchev–Trinajstić information content (AvgIpc) is 3.17. The topological polar surface area (TPSA) is 70.1 Å². The van der Waals surface area contributed by atoms with E-state index >= 15 is 0 Å². The van der Waals surface area contributed by atoms with Gasteiger partial charge in [0.1, 0.15) is 6.10 Å². The minimum atomic E-state index is -0.226. The van der Waals surface area contributed by atoms with E-state index in [1.807, 2.05) is 30.0 Å². The van der Waals surface area contributed by atoms with Crippen LogP contribution in [0, 0.1) is 6.92 Å². The normalized spacial score (nSPS) is 20.7. The van der Waals surface area contributed by atoms with Gasteiger partial charge in [-0.2, -0.15) is 0 Å². The van der Waals surface area contributed by atoms with Crippen LogP contribution in [-0.2, 0) is 16.1 Å². The Hall–Kier alpha value is -1.42. The molecule has 7 nitrogen and oxygen atoms in total. The molecule has 1 aromatic heterocycles. The first-order valence-corrected chi connectivity index (χ1v) is 8.96. The van der Waals surface area contributed by atoms with Crippen molar-refractivity contribution >= 4 is 35.8 Å².